The Hall–Kier alpha value is -0.770. The zero-order valence-corrected chi connectivity index (χ0v) is 10.6. The van der Waals surface area contributed by atoms with Gasteiger partial charge in [0.25, 0.3) is 0 Å². The van der Waals surface area contributed by atoms with Crippen LogP contribution in [-0.4, -0.2) is 19.6 Å². The minimum atomic E-state index is -0.582. The lowest BCUT2D eigenvalue weighted by Gasteiger charge is -2.17. The molecule has 1 unspecified atom stereocenters. The molecule has 0 saturated heterocycles. The monoisotopic (exact) mass is 261 g/mol. The van der Waals surface area contributed by atoms with E-state index in [0.29, 0.717) is 22.2 Å². The highest BCUT2D eigenvalue weighted by atomic mass is 35.5. The van der Waals surface area contributed by atoms with Gasteiger partial charge in [-0.05, 0) is 12.6 Å². The number of benzene rings is 1. The van der Waals surface area contributed by atoms with Crippen LogP contribution in [0.5, 0.6) is 0 Å². The molecular weight excluding hydrogens is 249 g/mol. The third-order valence-corrected chi connectivity index (χ3v) is 2.97. The molecule has 5 heteroatoms. The molecule has 88 valence electrons. The quantitative estimate of drug-likeness (QED) is 0.848. The standard InChI is InChI=1S/C11H13Cl2NO2/c1-3-14-10(11(15)16-2)7-5-4-6-8(12)9(7)13/h4-6,10,14H,3H2,1-2H3. The Kier molecular flexibility index (Phi) is 5.06. The van der Waals surface area contributed by atoms with Gasteiger partial charge in [0.15, 0.2) is 0 Å². The Morgan fingerprint density at radius 3 is 2.75 bits per heavy atom. The first-order valence-corrected chi connectivity index (χ1v) is 5.62. The van der Waals surface area contributed by atoms with E-state index in [1.165, 1.54) is 7.11 Å². The van der Waals surface area contributed by atoms with E-state index in [0.717, 1.165) is 0 Å². The average molecular weight is 262 g/mol. The Morgan fingerprint density at radius 2 is 2.19 bits per heavy atom. The van der Waals surface area contributed by atoms with E-state index in [1.54, 1.807) is 18.2 Å². The molecule has 0 radical (unpaired) electrons. The summed E-state index contributed by atoms with van der Waals surface area (Å²) in [6.45, 7) is 2.52. The first-order chi connectivity index (χ1) is 7.61. The molecule has 0 bridgehead atoms. The molecule has 0 aliphatic rings. The maximum Gasteiger partial charge on any atom is 0.327 e. The van der Waals surface area contributed by atoms with Crippen LogP contribution >= 0.6 is 23.2 Å². The Labute approximate surface area is 105 Å². The molecular formula is C11H13Cl2NO2. The van der Waals surface area contributed by atoms with Crippen molar-refractivity contribution in [1.82, 2.24) is 5.32 Å². The van der Waals surface area contributed by atoms with E-state index in [2.05, 4.69) is 5.32 Å². The molecule has 0 amide bonds. The van der Waals surface area contributed by atoms with Gasteiger partial charge in [-0.25, -0.2) is 4.79 Å². The van der Waals surface area contributed by atoms with Crippen molar-refractivity contribution in [3.63, 3.8) is 0 Å². The van der Waals surface area contributed by atoms with Crippen LogP contribution in [0.4, 0.5) is 0 Å². The van der Waals surface area contributed by atoms with E-state index in [4.69, 9.17) is 27.9 Å². The lowest BCUT2D eigenvalue weighted by Crippen LogP contribution is -2.29. The van der Waals surface area contributed by atoms with Crippen molar-refractivity contribution < 1.29 is 9.53 Å². The smallest absolute Gasteiger partial charge is 0.327 e. The Morgan fingerprint density at radius 1 is 1.50 bits per heavy atom. The summed E-state index contributed by atoms with van der Waals surface area (Å²) < 4.78 is 4.71. The van der Waals surface area contributed by atoms with Crippen LogP contribution in [0.1, 0.15) is 18.5 Å². The lowest BCUT2D eigenvalue weighted by molar-refractivity contribution is -0.143. The second-order valence-electron chi connectivity index (χ2n) is 3.16. The molecule has 0 spiro atoms. The van der Waals surface area contributed by atoms with Crippen molar-refractivity contribution in [2.45, 2.75) is 13.0 Å². The zero-order valence-electron chi connectivity index (χ0n) is 9.09. The molecule has 1 atom stereocenters. The van der Waals surface area contributed by atoms with Crippen molar-refractivity contribution in [3.8, 4) is 0 Å². The number of methoxy groups -OCH3 is 1. The summed E-state index contributed by atoms with van der Waals surface area (Å²) in [5.74, 6) is -0.383. The van der Waals surface area contributed by atoms with Gasteiger partial charge < -0.3 is 10.1 Å². The number of esters is 1. The molecule has 1 N–H and O–H groups in total. The van der Waals surface area contributed by atoms with Crippen LogP contribution in [0.15, 0.2) is 18.2 Å². The number of nitrogens with one attached hydrogen (secondary N) is 1. The second-order valence-corrected chi connectivity index (χ2v) is 3.94. The molecule has 0 aromatic heterocycles. The van der Waals surface area contributed by atoms with E-state index in [9.17, 15) is 4.79 Å². The van der Waals surface area contributed by atoms with Crippen LogP contribution in [0, 0.1) is 0 Å². The van der Waals surface area contributed by atoms with Crippen LogP contribution in [0.2, 0.25) is 10.0 Å². The number of rotatable bonds is 4. The number of ether oxygens (including phenoxy) is 1. The van der Waals surface area contributed by atoms with Gasteiger partial charge in [0.1, 0.15) is 6.04 Å². The van der Waals surface area contributed by atoms with Crippen molar-refractivity contribution >= 4 is 29.2 Å². The van der Waals surface area contributed by atoms with E-state index < -0.39 is 6.04 Å². The maximum absolute atomic E-state index is 11.6. The number of carbonyl (C=O) groups excluding carboxylic acids is 1. The Balaban J connectivity index is 3.10. The van der Waals surface area contributed by atoms with Gasteiger partial charge in [-0.15, -0.1) is 0 Å². The largest absolute Gasteiger partial charge is 0.468 e. The predicted octanol–water partition coefficient (Wildman–Crippen LogP) is 2.82. The molecule has 3 nitrogen and oxygen atoms in total. The Bertz CT molecular complexity index is 382. The normalized spacial score (nSPS) is 12.2. The maximum atomic E-state index is 11.6. The number of hydrogen-bond acceptors (Lipinski definition) is 3. The SMILES string of the molecule is CCNC(C(=O)OC)c1cccc(Cl)c1Cl. The highest BCUT2D eigenvalue weighted by Crippen LogP contribution is 2.30. The van der Waals surface area contributed by atoms with Gasteiger partial charge >= 0.3 is 5.97 Å². The van der Waals surface area contributed by atoms with Gasteiger partial charge in [-0.3, -0.25) is 0 Å². The third kappa shape index (κ3) is 2.88. The molecule has 0 heterocycles. The number of halogens is 2. The van der Waals surface area contributed by atoms with Crippen LogP contribution in [-0.2, 0) is 9.53 Å². The highest BCUT2D eigenvalue weighted by Gasteiger charge is 2.23. The summed E-state index contributed by atoms with van der Waals surface area (Å²) in [4.78, 5) is 11.6. The predicted molar refractivity (Wildman–Crippen MR) is 64.9 cm³/mol. The first-order valence-electron chi connectivity index (χ1n) is 4.87. The molecule has 0 aliphatic heterocycles. The number of likely N-dealkylation sites (N-methyl/N-ethyl adjacent to an activating group) is 1. The van der Waals surface area contributed by atoms with Crippen LogP contribution in [0.25, 0.3) is 0 Å². The van der Waals surface area contributed by atoms with Crippen molar-refractivity contribution in [1.29, 1.82) is 0 Å². The zero-order chi connectivity index (χ0) is 12.1. The average Bonchev–Trinajstić information content (AvgIpc) is 2.29. The van der Waals surface area contributed by atoms with Crippen LogP contribution < -0.4 is 5.32 Å². The van der Waals surface area contributed by atoms with Gasteiger partial charge in [-0.1, -0.05) is 42.3 Å². The van der Waals surface area contributed by atoms with Gasteiger partial charge in [-0.2, -0.15) is 0 Å². The van der Waals surface area contributed by atoms with Gasteiger partial charge in [0, 0.05) is 5.56 Å². The van der Waals surface area contributed by atoms with Crippen LogP contribution in [0.3, 0.4) is 0 Å². The minimum absolute atomic E-state index is 0.375. The molecule has 16 heavy (non-hydrogen) atoms. The summed E-state index contributed by atoms with van der Waals surface area (Å²) in [5.41, 5.74) is 0.628. The summed E-state index contributed by atoms with van der Waals surface area (Å²) in [6, 6.07) is 4.59. The fraction of sp³-hybridized carbons (Fsp3) is 0.364. The molecule has 1 rings (SSSR count). The molecule has 1 aromatic rings. The third-order valence-electron chi connectivity index (χ3n) is 2.14. The lowest BCUT2D eigenvalue weighted by atomic mass is 10.1. The summed E-state index contributed by atoms with van der Waals surface area (Å²) in [6.07, 6.45) is 0. The van der Waals surface area contributed by atoms with E-state index in [-0.39, 0.29) is 5.97 Å². The number of hydrogen-bond donors (Lipinski definition) is 1. The van der Waals surface area contributed by atoms with E-state index >= 15 is 0 Å². The fourth-order valence-corrected chi connectivity index (χ4v) is 1.80. The summed E-state index contributed by atoms with van der Waals surface area (Å²) in [7, 11) is 1.34. The molecule has 0 saturated carbocycles. The minimum Gasteiger partial charge on any atom is -0.468 e. The second kappa shape index (κ2) is 6.09. The molecule has 0 aliphatic carbocycles. The molecule has 0 fully saturated rings. The fourth-order valence-electron chi connectivity index (χ4n) is 1.39. The first kappa shape index (κ1) is 13.3. The summed E-state index contributed by atoms with van der Waals surface area (Å²) >= 11 is 11.9. The highest BCUT2D eigenvalue weighted by molar-refractivity contribution is 6.42. The van der Waals surface area contributed by atoms with Crippen molar-refractivity contribution in [3.05, 3.63) is 33.8 Å². The topological polar surface area (TPSA) is 38.3 Å². The van der Waals surface area contributed by atoms with E-state index in [1.807, 2.05) is 6.92 Å². The van der Waals surface area contributed by atoms with Gasteiger partial charge in [0.2, 0.25) is 0 Å². The van der Waals surface area contributed by atoms with Gasteiger partial charge in [0.05, 0.1) is 17.2 Å². The van der Waals surface area contributed by atoms with Crippen molar-refractivity contribution in [2.75, 3.05) is 13.7 Å². The molecule has 1 aromatic carbocycles. The number of carbonyl (C=O) groups is 1. The summed E-state index contributed by atoms with van der Waals surface area (Å²) in [5, 5.41) is 3.80. The van der Waals surface area contributed by atoms with Crippen molar-refractivity contribution in [2.24, 2.45) is 0 Å².